The molecule has 6 heteroatoms. The first kappa shape index (κ1) is 18.0. The van der Waals surface area contributed by atoms with Crippen LogP contribution in [-0.2, 0) is 6.42 Å². The summed E-state index contributed by atoms with van der Waals surface area (Å²) >= 11 is 5.99. The quantitative estimate of drug-likeness (QED) is 0.699. The Kier molecular flexibility index (Phi) is 5.28. The lowest BCUT2D eigenvalue weighted by atomic mass is 10.0. The number of aromatic nitrogens is 1. The summed E-state index contributed by atoms with van der Waals surface area (Å²) in [6.07, 6.45) is 1.78. The van der Waals surface area contributed by atoms with E-state index in [1.54, 1.807) is 30.3 Å². The summed E-state index contributed by atoms with van der Waals surface area (Å²) in [6.45, 7) is 2.07. The first-order chi connectivity index (χ1) is 12.5. The van der Waals surface area contributed by atoms with Gasteiger partial charge in [0.2, 0.25) is 5.56 Å². The van der Waals surface area contributed by atoms with Crippen molar-refractivity contribution < 1.29 is 9.53 Å². The van der Waals surface area contributed by atoms with Gasteiger partial charge in [0.15, 0.2) is 0 Å². The molecule has 1 amide bonds. The Hall–Kier alpha value is -2.79. The Balaban J connectivity index is 1.95. The number of amides is 1. The molecule has 2 N–H and O–H groups in total. The van der Waals surface area contributed by atoms with Gasteiger partial charge in [0.05, 0.1) is 18.2 Å². The summed E-state index contributed by atoms with van der Waals surface area (Å²) in [5, 5.41) is 4.25. The number of hydrogen-bond donors (Lipinski definition) is 2. The number of methoxy groups -OCH3 is 1. The van der Waals surface area contributed by atoms with Crippen molar-refractivity contribution in [1.29, 1.82) is 0 Å². The van der Waals surface area contributed by atoms with Crippen LogP contribution in [0.1, 0.15) is 29.3 Å². The fourth-order valence-electron chi connectivity index (χ4n) is 2.94. The molecule has 0 fully saturated rings. The monoisotopic (exact) mass is 370 g/mol. The highest BCUT2D eigenvalue weighted by Crippen LogP contribution is 2.25. The van der Waals surface area contributed by atoms with E-state index in [1.807, 2.05) is 12.1 Å². The van der Waals surface area contributed by atoms with E-state index < -0.39 is 0 Å². The van der Waals surface area contributed by atoms with Gasteiger partial charge in [0.1, 0.15) is 5.75 Å². The third kappa shape index (κ3) is 3.73. The summed E-state index contributed by atoms with van der Waals surface area (Å²) < 4.78 is 5.22. The van der Waals surface area contributed by atoms with Gasteiger partial charge < -0.3 is 15.0 Å². The minimum absolute atomic E-state index is 0.152. The van der Waals surface area contributed by atoms with E-state index in [2.05, 4.69) is 17.2 Å². The van der Waals surface area contributed by atoms with Crippen LogP contribution in [0.4, 0.5) is 5.69 Å². The lowest BCUT2D eigenvalue weighted by molar-refractivity contribution is 0.102. The highest BCUT2D eigenvalue weighted by atomic mass is 35.5. The number of carbonyl (C=O) groups is 1. The number of aryl methyl sites for hydroxylation is 1. The smallest absolute Gasteiger partial charge is 0.259 e. The molecule has 0 unspecified atom stereocenters. The van der Waals surface area contributed by atoms with Crippen molar-refractivity contribution in [2.45, 2.75) is 19.8 Å². The van der Waals surface area contributed by atoms with Gasteiger partial charge in [-0.2, -0.15) is 0 Å². The molecule has 0 aliphatic rings. The number of nitrogens with one attached hydrogen (secondary N) is 2. The van der Waals surface area contributed by atoms with Crippen molar-refractivity contribution in [3.05, 3.63) is 69.0 Å². The maximum atomic E-state index is 12.6. The number of carbonyl (C=O) groups excluding carboxylic acids is 1. The Morgan fingerprint density at radius 2 is 2.00 bits per heavy atom. The first-order valence-corrected chi connectivity index (χ1v) is 8.70. The maximum Gasteiger partial charge on any atom is 0.259 e. The van der Waals surface area contributed by atoms with Crippen LogP contribution in [0.25, 0.3) is 10.9 Å². The van der Waals surface area contributed by atoms with E-state index in [0.717, 1.165) is 23.8 Å². The van der Waals surface area contributed by atoms with Crippen molar-refractivity contribution >= 4 is 34.1 Å². The van der Waals surface area contributed by atoms with Crippen LogP contribution in [0.3, 0.4) is 0 Å². The third-order valence-electron chi connectivity index (χ3n) is 4.11. The van der Waals surface area contributed by atoms with Crippen molar-refractivity contribution in [2.24, 2.45) is 0 Å². The molecule has 0 aliphatic heterocycles. The molecule has 5 nitrogen and oxygen atoms in total. The molecule has 0 spiro atoms. The molecule has 0 saturated carbocycles. The van der Waals surface area contributed by atoms with Gasteiger partial charge in [-0.15, -0.1) is 0 Å². The second-order valence-corrected chi connectivity index (χ2v) is 6.40. The van der Waals surface area contributed by atoms with E-state index >= 15 is 0 Å². The van der Waals surface area contributed by atoms with Crippen molar-refractivity contribution in [3.8, 4) is 5.75 Å². The molecule has 3 aromatic rings. The SMILES string of the molecule is CCCc1cc(=O)[nH]c2cc(NC(=O)c3cc(Cl)ccc3OC)ccc12. The predicted octanol–water partition coefficient (Wildman–Crippen LogP) is 4.39. The van der Waals surface area contributed by atoms with Crippen LogP contribution in [0, 0.1) is 0 Å². The zero-order valence-electron chi connectivity index (χ0n) is 14.6. The van der Waals surface area contributed by atoms with Gasteiger partial charge in [-0.3, -0.25) is 9.59 Å². The second-order valence-electron chi connectivity index (χ2n) is 5.97. The summed E-state index contributed by atoms with van der Waals surface area (Å²) in [5.41, 5.74) is 2.46. The van der Waals surface area contributed by atoms with Crippen molar-refractivity contribution in [3.63, 3.8) is 0 Å². The zero-order chi connectivity index (χ0) is 18.7. The summed E-state index contributed by atoms with van der Waals surface area (Å²) in [5.74, 6) is 0.0992. The minimum Gasteiger partial charge on any atom is -0.496 e. The normalized spacial score (nSPS) is 10.7. The van der Waals surface area contributed by atoms with E-state index in [4.69, 9.17) is 16.3 Å². The fraction of sp³-hybridized carbons (Fsp3) is 0.200. The van der Waals surface area contributed by atoms with Crippen LogP contribution in [0.15, 0.2) is 47.3 Å². The van der Waals surface area contributed by atoms with Gasteiger partial charge in [-0.25, -0.2) is 0 Å². The molecule has 0 bridgehead atoms. The van der Waals surface area contributed by atoms with Crippen LogP contribution < -0.4 is 15.6 Å². The molecule has 1 aromatic heterocycles. The van der Waals surface area contributed by atoms with Crippen LogP contribution in [-0.4, -0.2) is 18.0 Å². The summed E-state index contributed by atoms with van der Waals surface area (Å²) in [6, 6.07) is 12.0. The molecule has 1 heterocycles. The largest absolute Gasteiger partial charge is 0.496 e. The topological polar surface area (TPSA) is 71.2 Å². The number of anilines is 1. The number of H-pyrrole nitrogens is 1. The molecule has 0 atom stereocenters. The standard InChI is InChI=1S/C20H19ClN2O3/c1-3-4-12-9-19(24)23-17-11-14(6-7-15(12)17)22-20(25)16-10-13(21)5-8-18(16)26-2/h5-11H,3-4H2,1-2H3,(H,22,25)(H,23,24). The average molecular weight is 371 g/mol. The predicted molar refractivity (Wildman–Crippen MR) is 105 cm³/mol. The van der Waals surface area contributed by atoms with Gasteiger partial charge in [0, 0.05) is 22.2 Å². The number of benzene rings is 2. The molecule has 134 valence electrons. The van der Waals surface area contributed by atoms with Gasteiger partial charge >= 0.3 is 0 Å². The first-order valence-electron chi connectivity index (χ1n) is 8.32. The number of rotatable bonds is 5. The third-order valence-corrected chi connectivity index (χ3v) is 4.35. The summed E-state index contributed by atoms with van der Waals surface area (Å²) in [4.78, 5) is 27.3. The Morgan fingerprint density at radius 3 is 2.73 bits per heavy atom. The number of fused-ring (bicyclic) bond motifs is 1. The number of halogens is 1. The Labute approximate surface area is 156 Å². The second kappa shape index (κ2) is 7.62. The Bertz CT molecular complexity index is 1030. The molecule has 0 aliphatic carbocycles. The lowest BCUT2D eigenvalue weighted by Gasteiger charge is -2.11. The number of ether oxygens (including phenoxy) is 1. The number of hydrogen-bond acceptors (Lipinski definition) is 3. The van der Waals surface area contributed by atoms with E-state index in [-0.39, 0.29) is 11.5 Å². The van der Waals surface area contributed by atoms with Gasteiger partial charge in [-0.1, -0.05) is 31.0 Å². The molecule has 0 radical (unpaired) electrons. The van der Waals surface area contributed by atoms with Crippen molar-refractivity contribution in [2.75, 3.05) is 12.4 Å². The minimum atomic E-state index is -0.337. The maximum absolute atomic E-state index is 12.6. The number of aromatic amines is 1. The Morgan fingerprint density at radius 1 is 1.19 bits per heavy atom. The molecular formula is C20H19ClN2O3. The number of pyridine rings is 1. The van der Waals surface area contributed by atoms with E-state index in [1.165, 1.54) is 7.11 Å². The zero-order valence-corrected chi connectivity index (χ0v) is 15.3. The van der Waals surface area contributed by atoms with Crippen LogP contribution in [0.5, 0.6) is 5.75 Å². The molecule has 3 rings (SSSR count). The van der Waals surface area contributed by atoms with E-state index in [0.29, 0.717) is 27.5 Å². The van der Waals surface area contributed by atoms with Crippen LogP contribution >= 0.6 is 11.6 Å². The van der Waals surface area contributed by atoms with Gasteiger partial charge in [-0.05, 0) is 42.3 Å². The molecular weight excluding hydrogens is 352 g/mol. The molecule has 2 aromatic carbocycles. The lowest BCUT2D eigenvalue weighted by Crippen LogP contribution is -2.13. The fourth-order valence-corrected chi connectivity index (χ4v) is 3.11. The van der Waals surface area contributed by atoms with Crippen LogP contribution in [0.2, 0.25) is 5.02 Å². The van der Waals surface area contributed by atoms with E-state index in [9.17, 15) is 9.59 Å². The highest BCUT2D eigenvalue weighted by molar-refractivity contribution is 6.31. The molecule has 0 saturated heterocycles. The molecule has 26 heavy (non-hydrogen) atoms. The van der Waals surface area contributed by atoms with Crippen molar-refractivity contribution in [1.82, 2.24) is 4.98 Å². The summed E-state index contributed by atoms with van der Waals surface area (Å²) in [7, 11) is 1.50. The highest BCUT2D eigenvalue weighted by Gasteiger charge is 2.14. The average Bonchev–Trinajstić information content (AvgIpc) is 2.61. The van der Waals surface area contributed by atoms with Gasteiger partial charge in [0.25, 0.3) is 5.91 Å².